The minimum atomic E-state index is -0.276. The lowest BCUT2D eigenvalue weighted by molar-refractivity contribution is 0.0951. The van der Waals surface area contributed by atoms with E-state index in [2.05, 4.69) is 21.2 Å². The zero-order valence-corrected chi connectivity index (χ0v) is 13.1. The van der Waals surface area contributed by atoms with Crippen molar-refractivity contribution in [2.24, 2.45) is 0 Å². The molecule has 5 heteroatoms. The van der Waals surface area contributed by atoms with Gasteiger partial charge in [0.25, 0.3) is 5.91 Å². The van der Waals surface area contributed by atoms with Crippen molar-refractivity contribution in [2.45, 2.75) is 13.5 Å². The number of nitrogens with one attached hydrogen (secondary N) is 1. The second-order valence-electron chi connectivity index (χ2n) is 4.42. The Hall–Kier alpha value is -1.39. The number of hydrogen-bond acceptors (Lipinski definition) is 1. The van der Waals surface area contributed by atoms with Crippen LogP contribution in [-0.2, 0) is 6.54 Å². The van der Waals surface area contributed by atoms with Crippen LogP contribution >= 0.6 is 27.5 Å². The number of rotatable bonds is 3. The molecule has 0 aliphatic heterocycles. The molecule has 0 spiro atoms. The first-order valence-electron chi connectivity index (χ1n) is 5.95. The molecule has 0 bridgehead atoms. The molecule has 0 atom stereocenters. The topological polar surface area (TPSA) is 29.1 Å². The number of carbonyl (C=O) groups excluding carboxylic acids is 1. The monoisotopic (exact) mass is 355 g/mol. The first-order valence-corrected chi connectivity index (χ1v) is 7.12. The predicted octanol–water partition coefficient (Wildman–Crippen LogP) is 4.48. The maximum absolute atomic E-state index is 13.4. The average molecular weight is 357 g/mol. The van der Waals surface area contributed by atoms with Gasteiger partial charge in [-0.05, 0) is 42.3 Å². The molecule has 0 aromatic heterocycles. The smallest absolute Gasteiger partial charge is 0.251 e. The lowest BCUT2D eigenvalue weighted by atomic mass is 10.1. The van der Waals surface area contributed by atoms with Crippen molar-refractivity contribution in [1.29, 1.82) is 0 Å². The minimum absolute atomic E-state index is 0.255. The molecular weight excluding hydrogens is 345 g/mol. The van der Waals surface area contributed by atoms with Gasteiger partial charge in [-0.25, -0.2) is 4.39 Å². The maximum atomic E-state index is 13.4. The van der Waals surface area contributed by atoms with Crippen molar-refractivity contribution < 1.29 is 9.18 Å². The Kier molecular flexibility index (Phi) is 4.78. The van der Waals surface area contributed by atoms with Crippen molar-refractivity contribution in [3.05, 3.63) is 68.4 Å². The van der Waals surface area contributed by atoms with Gasteiger partial charge in [0.1, 0.15) is 5.82 Å². The fourth-order valence-corrected chi connectivity index (χ4v) is 2.58. The number of aryl methyl sites for hydroxylation is 1. The molecule has 0 heterocycles. The van der Waals surface area contributed by atoms with Crippen LogP contribution in [0.25, 0.3) is 0 Å². The van der Waals surface area contributed by atoms with E-state index in [4.69, 9.17) is 11.6 Å². The van der Waals surface area contributed by atoms with Gasteiger partial charge in [0.15, 0.2) is 0 Å². The SMILES string of the molecule is Cc1ccc(CNC(=O)c2cc(Cl)cc(Br)c2)cc1F. The summed E-state index contributed by atoms with van der Waals surface area (Å²) in [6, 6.07) is 9.85. The van der Waals surface area contributed by atoms with Gasteiger partial charge in [-0.2, -0.15) is 0 Å². The number of benzene rings is 2. The highest BCUT2D eigenvalue weighted by atomic mass is 79.9. The highest BCUT2D eigenvalue weighted by Gasteiger charge is 2.08. The van der Waals surface area contributed by atoms with Crippen LogP contribution in [0, 0.1) is 12.7 Å². The molecule has 0 aliphatic carbocycles. The molecule has 0 aliphatic rings. The molecule has 0 fully saturated rings. The summed E-state index contributed by atoms with van der Waals surface area (Å²) in [7, 11) is 0. The standard InChI is InChI=1S/C15H12BrClFNO/c1-9-2-3-10(4-14(9)18)8-19-15(20)11-5-12(16)7-13(17)6-11/h2-7H,8H2,1H3,(H,19,20). The summed E-state index contributed by atoms with van der Waals surface area (Å²) < 4.78 is 14.1. The highest BCUT2D eigenvalue weighted by Crippen LogP contribution is 2.19. The first kappa shape index (κ1) is 15.0. The van der Waals surface area contributed by atoms with Crippen molar-refractivity contribution in [3.63, 3.8) is 0 Å². The molecule has 104 valence electrons. The number of hydrogen-bond donors (Lipinski definition) is 1. The minimum Gasteiger partial charge on any atom is -0.348 e. The third kappa shape index (κ3) is 3.81. The van der Waals surface area contributed by atoms with Gasteiger partial charge in [0, 0.05) is 21.6 Å². The van der Waals surface area contributed by atoms with Gasteiger partial charge in [0.05, 0.1) is 0 Å². The zero-order chi connectivity index (χ0) is 14.7. The van der Waals surface area contributed by atoms with Crippen molar-refractivity contribution >= 4 is 33.4 Å². The number of carbonyl (C=O) groups is 1. The van der Waals surface area contributed by atoms with Crippen LogP contribution in [0.1, 0.15) is 21.5 Å². The van der Waals surface area contributed by atoms with Gasteiger partial charge in [-0.3, -0.25) is 4.79 Å². The largest absolute Gasteiger partial charge is 0.348 e. The van der Waals surface area contributed by atoms with E-state index in [1.165, 1.54) is 6.07 Å². The lowest BCUT2D eigenvalue weighted by Gasteiger charge is -2.07. The molecule has 1 amide bonds. The summed E-state index contributed by atoms with van der Waals surface area (Å²) in [5.74, 6) is -0.531. The van der Waals surface area contributed by atoms with E-state index in [1.54, 1.807) is 37.3 Å². The summed E-state index contributed by atoms with van der Waals surface area (Å²) >= 11 is 9.17. The summed E-state index contributed by atoms with van der Waals surface area (Å²) in [6.45, 7) is 1.96. The van der Waals surface area contributed by atoms with Crippen LogP contribution < -0.4 is 5.32 Å². The summed E-state index contributed by atoms with van der Waals surface area (Å²) in [5, 5.41) is 3.21. The maximum Gasteiger partial charge on any atom is 0.251 e. The molecule has 2 aromatic carbocycles. The second kappa shape index (κ2) is 6.37. The summed E-state index contributed by atoms with van der Waals surface area (Å²) in [6.07, 6.45) is 0. The van der Waals surface area contributed by atoms with Crippen molar-refractivity contribution in [2.75, 3.05) is 0 Å². The van der Waals surface area contributed by atoms with E-state index in [0.29, 0.717) is 21.7 Å². The first-order chi connectivity index (χ1) is 9.45. The summed E-state index contributed by atoms with van der Waals surface area (Å²) in [4.78, 5) is 12.0. The van der Waals surface area contributed by atoms with Crippen LogP contribution in [-0.4, -0.2) is 5.91 Å². The van der Waals surface area contributed by atoms with Crippen LogP contribution in [0.5, 0.6) is 0 Å². The molecule has 1 N–H and O–H groups in total. The number of halogens is 3. The molecule has 0 unspecified atom stereocenters. The van der Waals surface area contributed by atoms with Gasteiger partial charge < -0.3 is 5.32 Å². The van der Waals surface area contributed by atoms with Crippen molar-refractivity contribution in [3.8, 4) is 0 Å². The zero-order valence-electron chi connectivity index (χ0n) is 10.7. The van der Waals surface area contributed by atoms with Crippen LogP contribution in [0.3, 0.4) is 0 Å². The quantitative estimate of drug-likeness (QED) is 0.863. The summed E-state index contributed by atoms with van der Waals surface area (Å²) in [5.41, 5.74) is 1.75. The van der Waals surface area contributed by atoms with E-state index in [0.717, 1.165) is 4.47 Å². The van der Waals surface area contributed by atoms with E-state index in [-0.39, 0.29) is 18.3 Å². The van der Waals surface area contributed by atoms with E-state index in [9.17, 15) is 9.18 Å². The van der Waals surface area contributed by atoms with Gasteiger partial charge in [-0.15, -0.1) is 0 Å². The Balaban J connectivity index is 2.06. The Bertz CT molecular complexity index is 640. The highest BCUT2D eigenvalue weighted by molar-refractivity contribution is 9.10. The fourth-order valence-electron chi connectivity index (χ4n) is 1.72. The van der Waals surface area contributed by atoms with Crippen molar-refractivity contribution in [1.82, 2.24) is 5.32 Å². The predicted molar refractivity (Wildman–Crippen MR) is 81.5 cm³/mol. The Morgan fingerprint density at radius 3 is 2.70 bits per heavy atom. The third-order valence-electron chi connectivity index (χ3n) is 2.81. The molecular formula is C15H12BrClFNO. The van der Waals surface area contributed by atoms with Crippen LogP contribution in [0.4, 0.5) is 4.39 Å². The Morgan fingerprint density at radius 2 is 2.05 bits per heavy atom. The van der Waals surface area contributed by atoms with E-state index < -0.39 is 0 Å². The molecule has 0 saturated carbocycles. The average Bonchev–Trinajstić information content (AvgIpc) is 2.38. The Labute approximate surface area is 130 Å². The van der Waals surface area contributed by atoms with Gasteiger partial charge in [-0.1, -0.05) is 39.7 Å². The lowest BCUT2D eigenvalue weighted by Crippen LogP contribution is -2.22. The van der Waals surface area contributed by atoms with Gasteiger partial charge >= 0.3 is 0 Å². The number of amides is 1. The molecule has 20 heavy (non-hydrogen) atoms. The Morgan fingerprint density at radius 1 is 1.30 bits per heavy atom. The normalized spacial score (nSPS) is 10.4. The third-order valence-corrected chi connectivity index (χ3v) is 3.49. The molecule has 2 nitrogen and oxygen atoms in total. The molecule has 2 rings (SSSR count). The van der Waals surface area contributed by atoms with Crippen LogP contribution in [0.15, 0.2) is 40.9 Å². The van der Waals surface area contributed by atoms with E-state index in [1.807, 2.05) is 0 Å². The fraction of sp³-hybridized carbons (Fsp3) is 0.133. The van der Waals surface area contributed by atoms with E-state index >= 15 is 0 Å². The van der Waals surface area contributed by atoms with Crippen LogP contribution in [0.2, 0.25) is 5.02 Å². The molecule has 0 radical (unpaired) electrons. The molecule has 0 saturated heterocycles. The van der Waals surface area contributed by atoms with Gasteiger partial charge in [0.2, 0.25) is 0 Å². The second-order valence-corrected chi connectivity index (χ2v) is 5.78. The molecule has 2 aromatic rings.